The minimum absolute atomic E-state index is 0. The average molecular weight is 290 g/mol. The van der Waals surface area contributed by atoms with Crippen molar-refractivity contribution in [3.8, 4) is 5.75 Å². The second-order valence-electron chi connectivity index (χ2n) is 4.92. The largest absolute Gasteiger partial charge is 0.496 e. The number of rotatable bonds is 4. The molecule has 1 fully saturated rings. The first-order chi connectivity index (χ1) is 8.65. The molecule has 0 aromatic heterocycles. The Morgan fingerprint density at radius 2 is 2.00 bits per heavy atom. The lowest BCUT2D eigenvalue weighted by Crippen LogP contribution is -2.32. The van der Waals surface area contributed by atoms with Crippen LogP contribution in [-0.2, 0) is 0 Å². The first-order valence-electron chi connectivity index (χ1n) is 6.41. The van der Waals surface area contributed by atoms with Gasteiger partial charge in [0, 0.05) is 5.56 Å². The van der Waals surface area contributed by atoms with Crippen LogP contribution in [0, 0.1) is 11.7 Å². The highest BCUT2D eigenvalue weighted by Crippen LogP contribution is 2.36. The van der Waals surface area contributed by atoms with Gasteiger partial charge in [-0.05, 0) is 30.9 Å². The molecule has 0 spiro atoms. The van der Waals surface area contributed by atoms with Gasteiger partial charge in [-0.15, -0.1) is 12.4 Å². The summed E-state index contributed by atoms with van der Waals surface area (Å²) in [6, 6.07) is 3.86. The third kappa shape index (κ3) is 3.38. The molecule has 0 radical (unpaired) electrons. The maximum Gasteiger partial charge on any atom is 0.131 e. The van der Waals surface area contributed by atoms with Gasteiger partial charge in [0.25, 0.3) is 0 Å². The number of halogens is 2. The van der Waals surface area contributed by atoms with Gasteiger partial charge in [0.1, 0.15) is 11.6 Å². The molecule has 0 unspecified atom stereocenters. The quantitative estimate of drug-likeness (QED) is 0.896. The highest BCUT2D eigenvalue weighted by atomic mass is 35.5. The standard InChI is InChI=1S/C14H20FNO2.ClH/c1-18-11-8-4-7-10(15)12(11)13(16)14(17)9-5-2-3-6-9;/h4,7-9,13-14,17H,2-3,5-6,16H2,1H3;1H/t13-,14+;/m1./s1. The van der Waals surface area contributed by atoms with Gasteiger partial charge in [0.2, 0.25) is 0 Å². The van der Waals surface area contributed by atoms with Crippen molar-refractivity contribution in [3.05, 3.63) is 29.6 Å². The van der Waals surface area contributed by atoms with Crippen molar-refractivity contribution in [3.63, 3.8) is 0 Å². The van der Waals surface area contributed by atoms with Gasteiger partial charge < -0.3 is 15.6 Å². The Morgan fingerprint density at radius 1 is 1.37 bits per heavy atom. The topological polar surface area (TPSA) is 55.5 Å². The van der Waals surface area contributed by atoms with Gasteiger partial charge in [-0.1, -0.05) is 18.9 Å². The third-order valence-corrected chi connectivity index (χ3v) is 3.82. The lowest BCUT2D eigenvalue weighted by atomic mass is 9.90. The van der Waals surface area contributed by atoms with Gasteiger partial charge in [-0.2, -0.15) is 0 Å². The second-order valence-corrected chi connectivity index (χ2v) is 4.92. The van der Waals surface area contributed by atoms with Crippen LogP contribution in [0.5, 0.6) is 5.75 Å². The van der Waals surface area contributed by atoms with E-state index in [0.717, 1.165) is 25.7 Å². The van der Waals surface area contributed by atoms with Crippen LogP contribution in [0.25, 0.3) is 0 Å². The Morgan fingerprint density at radius 3 is 2.58 bits per heavy atom. The average Bonchev–Trinajstić information content (AvgIpc) is 2.90. The summed E-state index contributed by atoms with van der Waals surface area (Å²) in [4.78, 5) is 0. The SMILES string of the molecule is COc1cccc(F)c1[C@@H](N)[C@@H](O)C1CCCC1.Cl. The normalized spacial score (nSPS) is 18.7. The summed E-state index contributed by atoms with van der Waals surface area (Å²) in [5, 5.41) is 10.3. The van der Waals surface area contributed by atoms with E-state index in [0.29, 0.717) is 5.75 Å². The molecule has 1 aromatic carbocycles. The number of hydrogen-bond donors (Lipinski definition) is 2. The van der Waals surface area contributed by atoms with Gasteiger partial charge >= 0.3 is 0 Å². The molecule has 0 bridgehead atoms. The predicted molar refractivity (Wildman–Crippen MR) is 75.1 cm³/mol. The number of ether oxygens (including phenoxy) is 1. The van der Waals surface area contributed by atoms with Crippen LogP contribution >= 0.6 is 12.4 Å². The lowest BCUT2D eigenvalue weighted by Gasteiger charge is -2.26. The molecule has 1 aliphatic carbocycles. The monoisotopic (exact) mass is 289 g/mol. The van der Waals surface area contributed by atoms with E-state index in [1.807, 2.05) is 0 Å². The Hall–Kier alpha value is -0.840. The zero-order valence-corrected chi connectivity index (χ0v) is 11.8. The smallest absolute Gasteiger partial charge is 0.131 e. The molecule has 0 heterocycles. The molecule has 1 aromatic rings. The van der Waals surface area contributed by atoms with Crippen molar-refractivity contribution in [2.24, 2.45) is 11.7 Å². The van der Waals surface area contributed by atoms with Gasteiger partial charge in [0.15, 0.2) is 0 Å². The molecule has 0 aliphatic heterocycles. The summed E-state index contributed by atoms with van der Waals surface area (Å²) >= 11 is 0. The summed E-state index contributed by atoms with van der Waals surface area (Å²) in [5.74, 6) is 0.155. The summed E-state index contributed by atoms with van der Waals surface area (Å²) in [6.45, 7) is 0. The van der Waals surface area contributed by atoms with Crippen LogP contribution in [0.1, 0.15) is 37.3 Å². The molecule has 3 nitrogen and oxygen atoms in total. The highest BCUT2D eigenvalue weighted by Gasteiger charge is 2.31. The Balaban J connectivity index is 0.00000180. The fourth-order valence-corrected chi connectivity index (χ4v) is 2.78. The lowest BCUT2D eigenvalue weighted by molar-refractivity contribution is 0.0823. The highest BCUT2D eigenvalue weighted by molar-refractivity contribution is 5.85. The third-order valence-electron chi connectivity index (χ3n) is 3.82. The Kier molecular flexibility index (Phi) is 6.04. The molecule has 0 saturated heterocycles. The first kappa shape index (κ1) is 16.2. The van der Waals surface area contributed by atoms with Crippen LogP contribution in [0.2, 0.25) is 0 Å². The van der Waals surface area contributed by atoms with E-state index >= 15 is 0 Å². The zero-order chi connectivity index (χ0) is 13.1. The van der Waals surface area contributed by atoms with E-state index in [2.05, 4.69) is 0 Å². The minimum Gasteiger partial charge on any atom is -0.496 e. The molecule has 3 N–H and O–H groups in total. The Labute approximate surface area is 119 Å². The van der Waals surface area contributed by atoms with Crippen LogP contribution in [0.4, 0.5) is 4.39 Å². The number of methoxy groups -OCH3 is 1. The molecular weight excluding hydrogens is 269 g/mol. The predicted octanol–water partition coefficient (Wildman–Crippen LogP) is 2.81. The molecular formula is C14H21ClFNO2. The van der Waals surface area contributed by atoms with Gasteiger partial charge in [0.05, 0.1) is 19.3 Å². The van der Waals surface area contributed by atoms with E-state index in [1.165, 1.54) is 13.2 Å². The molecule has 2 atom stereocenters. The van der Waals surface area contributed by atoms with Crippen molar-refractivity contribution >= 4 is 12.4 Å². The molecule has 19 heavy (non-hydrogen) atoms. The fraction of sp³-hybridized carbons (Fsp3) is 0.571. The van der Waals surface area contributed by atoms with Crippen molar-refractivity contribution < 1.29 is 14.2 Å². The zero-order valence-electron chi connectivity index (χ0n) is 11.0. The van der Waals surface area contributed by atoms with Crippen molar-refractivity contribution in [1.82, 2.24) is 0 Å². The maximum atomic E-state index is 13.9. The van der Waals surface area contributed by atoms with Crippen LogP contribution in [0.3, 0.4) is 0 Å². The minimum atomic E-state index is -0.732. The molecule has 5 heteroatoms. The molecule has 1 aliphatic rings. The summed E-state index contributed by atoms with van der Waals surface area (Å²) in [5.41, 5.74) is 6.30. The number of hydrogen-bond acceptors (Lipinski definition) is 3. The summed E-state index contributed by atoms with van der Waals surface area (Å²) < 4.78 is 19.0. The van der Waals surface area contributed by atoms with E-state index in [4.69, 9.17) is 10.5 Å². The first-order valence-corrected chi connectivity index (χ1v) is 6.41. The van der Waals surface area contributed by atoms with Crippen LogP contribution in [-0.4, -0.2) is 18.3 Å². The summed E-state index contributed by atoms with van der Waals surface area (Å²) in [6.07, 6.45) is 3.45. The van der Waals surface area contributed by atoms with E-state index in [-0.39, 0.29) is 23.9 Å². The second kappa shape index (κ2) is 7.08. The van der Waals surface area contributed by atoms with E-state index < -0.39 is 18.0 Å². The fourth-order valence-electron chi connectivity index (χ4n) is 2.78. The van der Waals surface area contributed by atoms with E-state index in [1.54, 1.807) is 12.1 Å². The number of aliphatic hydroxyl groups excluding tert-OH is 1. The Bertz CT molecular complexity index is 410. The van der Waals surface area contributed by atoms with Gasteiger partial charge in [-0.3, -0.25) is 0 Å². The van der Waals surface area contributed by atoms with Crippen LogP contribution in [0.15, 0.2) is 18.2 Å². The van der Waals surface area contributed by atoms with Crippen molar-refractivity contribution in [1.29, 1.82) is 0 Å². The van der Waals surface area contributed by atoms with Crippen molar-refractivity contribution in [2.45, 2.75) is 37.8 Å². The number of nitrogens with two attached hydrogens (primary N) is 1. The number of benzene rings is 1. The van der Waals surface area contributed by atoms with Crippen LogP contribution < -0.4 is 10.5 Å². The maximum absolute atomic E-state index is 13.9. The van der Waals surface area contributed by atoms with E-state index in [9.17, 15) is 9.50 Å². The summed E-state index contributed by atoms with van der Waals surface area (Å²) in [7, 11) is 1.48. The number of aliphatic hydroxyl groups is 1. The molecule has 1 saturated carbocycles. The van der Waals surface area contributed by atoms with Crippen molar-refractivity contribution in [2.75, 3.05) is 7.11 Å². The molecule has 108 valence electrons. The molecule has 0 amide bonds. The van der Waals surface area contributed by atoms with Gasteiger partial charge in [-0.25, -0.2) is 4.39 Å². The molecule has 2 rings (SSSR count).